The van der Waals surface area contributed by atoms with E-state index in [9.17, 15) is 18.0 Å². The maximum atomic E-state index is 12.7. The highest BCUT2D eigenvalue weighted by molar-refractivity contribution is 5.87. The van der Waals surface area contributed by atoms with Gasteiger partial charge in [0.25, 0.3) is 0 Å². The number of halogens is 3. The minimum atomic E-state index is -4.07. The van der Waals surface area contributed by atoms with Crippen molar-refractivity contribution in [3.63, 3.8) is 0 Å². The van der Waals surface area contributed by atoms with Crippen LogP contribution in [0.4, 0.5) is 13.2 Å². The molecule has 0 bridgehead atoms. The van der Waals surface area contributed by atoms with Crippen molar-refractivity contribution in [2.24, 2.45) is 11.8 Å². The van der Waals surface area contributed by atoms with Crippen molar-refractivity contribution in [1.29, 1.82) is 0 Å². The summed E-state index contributed by atoms with van der Waals surface area (Å²) in [6.07, 6.45) is 1.23. The first kappa shape index (κ1) is 20.3. The number of hydrogen-bond donors (Lipinski definition) is 0. The average molecular weight is 370 g/mol. The number of esters is 1. The van der Waals surface area contributed by atoms with Gasteiger partial charge in [-0.15, -0.1) is 0 Å². The quantitative estimate of drug-likeness (QED) is 0.476. The molecule has 0 unspecified atom stereocenters. The normalized spacial score (nSPS) is 20.9. The second-order valence-electron chi connectivity index (χ2n) is 6.64. The van der Waals surface area contributed by atoms with Gasteiger partial charge in [-0.25, -0.2) is 4.79 Å². The van der Waals surface area contributed by atoms with Crippen molar-refractivity contribution in [3.8, 4) is 5.75 Å². The second-order valence-corrected chi connectivity index (χ2v) is 6.64. The van der Waals surface area contributed by atoms with Gasteiger partial charge in [-0.1, -0.05) is 19.1 Å². The van der Waals surface area contributed by atoms with Gasteiger partial charge in [0.2, 0.25) is 0 Å². The number of ether oxygens (including phenoxy) is 2. The molecule has 1 saturated carbocycles. The molecule has 0 aliphatic heterocycles. The number of alkyl halides is 3. The molecule has 1 fully saturated rings. The van der Waals surface area contributed by atoms with Crippen LogP contribution < -0.4 is 4.74 Å². The predicted molar refractivity (Wildman–Crippen MR) is 93.7 cm³/mol. The fourth-order valence-corrected chi connectivity index (χ4v) is 2.96. The van der Waals surface area contributed by atoms with Gasteiger partial charge in [-0.2, -0.15) is 13.2 Å². The van der Waals surface area contributed by atoms with Gasteiger partial charge in [0.15, 0.2) is 0 Å². The maximum Gasteiger partial charge on any atom is 0.391 e. The zero-order chi connectivity index (χ0) is 19.0. The molecule has 1 aliphatic carbocycles. The van der Waals surface area contributed by atoms with E-state index in [-0.39, 0.29) is 24.7 Å². The van der Waals surface area contributed by atoms with Crippen LogP contribution in [-0.4, -0.2) is 25.4 Å². The maximum absolute atomic E-state index is 12.7. The van der Waals surface area contributed by atoms with Crippen LogP contribution in [0.1, 0.15) is 44.6 Å². The Balaban J connectivity index is 1.74. The summed E-state index contributed by atoms with van der Waals surface area (Å²) in [6.45, 7) is 2.77. The minimum Gasteiger partial charge on any atom is -0.493 e. The Morgan fingerprint density at radius 1 is 1.15 bits per heavy atom. The van der Waals surface area contributed by atoms with Crippen molar-refractivity contribution in [3.05, 3.63) is 35.9 Å². The molecule has 26 heavy (non-hydrogen) atoms. The van der Waals surface area contributed by atoms with Crippen LogP contribution in [0.5, 0.6) is 5.75 Å². The van der Waals surface area contributed by atoms with Crippen LogP contribution in [0.3, 0.4) is 0 Å². The lowest BCUT2D eigenvalue weighted by atomic mass is 9.82. The summed E-state index contributed by atoms with van der Waals surface area (Å²) in [5, 5.41) is 0. The monoisotopic (exact) mass is 370 g/mol. The predicted octanol–water partition coefficient (Wildman–Crippen LogP) is 5.40. The SMILES string of the molecule is CCCOC(=O)/C=C/c1ccc(OCC2CCC(C(F)(F)F)CC2)cc1. The average Bonchev–Trinajstić information content (AvgIpc) is 2.63. The topological polar surface area (TPSA) is 35.5 Å². The molecule has 1 aliphatic rings. The molecular weight excluding hydrogens is 345 g/mol. The molecule has 0 aromatic heterocycles. The number of carbonyl (C=O) groups is 1. The Hall–Kier alpha value is -1.98. The highest BCUT2D eigenvalue weighted by Gasteiger charge is 2.41. The van der Waals surface area contributed by atoms with Crippen molar-refractivity contribution in [2.45, 2.75) is 45.2 Å². The Morgan fingerprint density at radius 3 is 2.38 bits per heavy atom. The summed E-state index contributed by atoms with van der Waals surface area (Å²) in [7, 11) is 0. The van der Waals surface area contributed by atoms with E-state index in [1.165, 1.54) is 6.08 Å². The minimum absolute atomic E-state index is 0.168. The van der Waals surface area contributed by atoms with E-state index in [0.717, 1.165) is 12.0 Å². The van der Waals surface area contributed by atoms with Gasteiger partial charge >= 0.3 is 12.1 Å². The summed E-state index contributed by atoms with van der Waals surface area (Å²) < 4.78 is 48.6. The largest absolute Gasteiger partial charge is 0.493 e. The van der Waals surface area contributed by atoms with Gasteiger partial charge < -0.3 is 9.47 Å². The Labute approximate surface area is 152 Å². The summed E-state index contributed by atoms with van der Waals surface area (Å²) in [5.41, 5.74) is 0.844. The lowest BCUT2D eigenvalue weighted by Crippen LogP contribution is -2.29. The fraction of sp³-hybridized carbons (Fsp3) is 0.550. The molecular formula is C20H25F3O3. The zero-order valence-electron chi connectivity index (χ0n) is 14.9. The third-order valence-electron chi connectivity index (χ3n) is 4.54. The van der Waals surface area contributed by atoms with E-state index in [1.54, 1.807) is 18.2 Å². The van der Waals surface area contributed by atoms with E-state index in [1.807, 2.05) is 19.1 Å². The van der Waals surface area contributed by atoms with Crippen LogP contribution in [0.25, 0.3) is 6.08 Å². The molecule has 0 N–H and O–H groups in total. The Kier molecular flexibility index (Phi) is 7.54. The van der Waals surface area contributed by atoms with Crippen LogP contribution >= 0.6 is 0 Å². The molecule has 0 amide bonds. The smallest absolute Gasteiger partial charge is 0.391 e. The molecule has 0 heterocycles. The number of carbonyl (C=O) groups excluding carboxylic acids is 1. The van der Waals surface area contributed by atoms with E-state index in [4.69, 9.17) is 9.47 Å². The first-order chi connectivity index (χ1) is 12.4. The Morgan fingerprint density at radius 2 is 1.81 bits per heavy atom. The van der Waals surface area contributed by atoms with Crippen molar-refractivity contribution in [1.82, 2.24) is 0 Å². The van der Waals surface area contributed by atoms with E-state index in [2.05, 4.69) is 0 Å². The van der Waals surface area contributed by atoms with Crippen LogP contribution in [0, 0.1) is 11.8 Å². The van der Waals surface area contributed by atoms with Gasteiger partial charge in [-0.05, 0) is 61.8 Å². The molecule has 0 radical (unpaired) electrons. The lowest BCUT2D eigenvalue weighted by molar-refractivity contribution is -0.184. The molecule has 2 rings (SSSR count). The van der Waals surface area contributed by atoms with Crippen LogP contribution in [0.15, 0.2) is 30.3 Å². The van der Waals surface area contributed by atoms with Gasteiger partial charge in [-0.3, -0.25) is 0 Å². The van der Waals surface area contributed by atoms with Crippen molar-refractivity contribution in [2.75, 3.05) is 13.2 Å². The molecule has 6 heteroatoms. The highest BCUT2D eigenvalue weighted by Crippen LogP contribution is 2.39. The fourth-order valence-electron chi connectivity index (χ4n) is 2.96. The first-order valence-corrected chi connectivity index (χ1v) is 9.03. The highest BCUT2D eigenvalue weighted by atomic mass is 19.4. The van der Waals surface area contributed by atoms with E-state index < -0.39 is 12.1 Å². The summed E-state index contributed by atoms with van der Waals surface area (Å²) in [6, 6.07) is 7.22. The molecule has 144 valence electrons. The zero-order valence-corrected chi connectivity index (χ0v) is 14.9. The van der Waals surface area contributed by atoms with Crippen LogP contribution in [0.2, 0.25) is 0 Å². The third-order valence-corrected chi connectivity index (χ3v) is 4.54. The molecule has 0 saturated heterocycles. The second kappa shape index (κ2) is 9.64. The summed E-state index contributed by atoms with van der Waals surface area (Å²) >= 11 is 0. The standard InChI is InChI=1S/C20H25F3O3/c1-2-13-25-19(24)12-7-15-5-10-18(11-6-15)26-14-16-3-8-17(9-4-16)20(21,22)23/h5-7,10-12,16-17H,2-4,8-9,13-14H2,1H3/b12-7+. The number of benzene rings is 1. The van der Waals surface area contributed by atoms with Crippen molar-refractivity contribution >= 4 is 12.0 Å². The summed E-state index contributed by atoms with van der Waals surface area (Å²) in [5.74, 6) is -0.689. The van der Waals surface area contributed by atoms with Gasteiger partial charge in [0, 0.05) is 6.08 Å². The first-order valence-electron chi connectivity index (χ1n) is 9.03. The Bertz CT molecular complexity index is 585. The molecule has 1 aromatic rings. The lowest BCUT2D eigenvalue weighted by Gasteiger charge is -2.29. The van der Waals surface area contributed by atoms with Crippen LogP contribution in [-0.2, 0) is 9.53 Å². The van der Waals surface area contributed by atoms with E-state index in [0.29, 0.717) is 31.8 Å². The molecule has 1 aromatic carbocycles. The van der Waals surface area contributed by atoms with E-state index >= 15 is 0 Å². The molecule has 3 nitrogen and oxygen atoms in total. The van der Waals surface area contributed by atoms with Gasteiger partial charge in [0.1, 0.15) is 5.75 Å². The number of rotatable bonds is 7. The summed E-state index contributed by atoms with van der Waals surface area (Å²) in [4.78, 5) is 11.4. The molecule has 0 spiro atoms. The third kappa shape index (κ3) is 6.73. The van der Waals surface area contributed by atoms with Gasteiger partial charge in [0.05, 0.1) is 19.1 Å². The number of hydrogen-bond acceptors (Lipinski definition) is 3. The van der Waals surface area contributed by atoms with Crippen molar-refractivity contribution < 1.29 is 27.4 Å². The molecule has 0 atom stereocenters.